The van der Waals surface area contributed by atoms with Crippen molar-refractivity contribution in [3.63, 3.8) is 0 Å². The van der Waals surface area contributed by atoms with Gasteiger partial charge in [0.2, 0.25) is 0 Å². The van der Waals surface area contributed by atoms with E-state index in [4.69, 9.17) is 0 Å². The molecule has 0 saturated carbocycles. The summed E-state index contributed by atoms with van der Waals surface area (Å²) in [6.45, 7) is 1.39. The van der Waals surface area contributed by atoms with Crippen LogP contribution in [0.5, 0.6) is 0 Å². The van der Waals surface area contributed by atoms with Gasteiger partial charge in [-0.15, -0.1) is 0 Å². The monoisotopic (exact) mass is 167 g/mol. The summed E-state index contributed by atoms with van der Waals surface area (Å²) in [5.41, 5.74) is 2.01. The molecule has 0 aromatic heterocycles. The summed E-state index contributed by atoms with van der Waals surface area (Å²) in [6, 6.07) is 0. The molecule has 0 aromatic rings. The molecule has 11 heavy (non-hydrogen) atoms. The first-order chi connectivity index (χ1) is 5.02. The van der Waals surface area contributed by atoms with E-state index in [1.54, 1.807) is 0 Å². The molecule has 6 heteroatoms. The Bertz CT molecular complexity index is 170. The van der Waals surface area contributed by atoms with Crippen LogP contribution in [0.15, 0.2) is 10.1 Å². The average molecular weight is 167 g/mol. The van der Waals surface area contributed by atoms with Crippen molar-refractivity contribution in [1.82, 2.24) is 5.43 Å². The number of nitrogens with zero attached hydrogens (tertiary/aromatic N) is 2. The molecule has 0 spiro atoms. The fourth-order valence-corrected chi connectivity index (χ4v) is 0.394. The Morgan fingerprint density at radius 2 is 2.00 bits per heavy atom. The summed E-state index contributed by atoms with van der Waals surface area (Å²) in [4.78, 5) is 3.02. The van der Waals surface area contributed by atoms with Gasteiger partial charge in [-0.05, 0) is 6.92 Å². The highest BCUT2D eigenvalue weighted by molar-refractivity contribution is 5.93. The largest absolute Gasteiger partial charge is 0.453 e. The lowest BCUT2D eigenvalue weighted by molar-refractivity contribution is -0.0600. The number of hydrogen-bond donors (Lipinski definition) is 1. The van der Waals surface area contributed by atoms with Gasteiger partial charge < -0.3 is 5.43 Å². The SMILES string of the molecule is CC=N/C(=N\NC)C(F)(F)F. The first-order valence-electron chi connectivity index (χ1n) is 2.82. The lowest BCUT2D eigenvalue weighted by Gasteiger charge is -2.03. The minimum Gasteiger partial charge on any atom is -0.311 e. The Hall–Kier alpha value is -1.07. The number of halogens is 3. The summed E-state index contributed by atoms with van der Waals surface area (Å²) in [5.74, 6) is -1.18. The van der Waals surface area contributed by atoms with Gasteiger partial charge >= 0.3 is 6.18 Å². The van der Waals surface area contributed by atoms with Crippen molar-refractivity contribution in [2.75, 3.05) is 7.05 Å². The number of rotatable bonds is 1. The van der Waals surface area contributed by atoms with Crippen molar-refractivity contribution >= 4 is 12.1 Å². The second kappa shape index (κ2) is 3.95. The summed E-state index contributed by atoms with van der Waals surface area (Å²) in [6.07, 6.45) is -3.46. The van der Waals surface area contributed by atoms with E-state index in [0.717, 1.165) is 6.21 Å². The van der Waals surface area contributed by atoms with E-state index in [-0.39, 0.29) is 0 Å². The third-order valence-electron chi connectivity index (χ3n) is 0.723. The average Bonchev–Trinajstić information content (AvgIpc) is 1.85. The minimum absolute atomic E-state index is 1.03. The van der Waals surface area contributed by atoms with Gasteiger partial charge in [0.25, 0.3) is 5.84 Å². The minimum atomic E-state index is -4.49. The maximum absolute atomic E-state index is 11.8. The van der Waals surface area contributed by atoms with Crippen molar-refractivity contribution in [3.8, 4) is 0 Å². The maximum atomic E-state index is 11.8. The number of hydrazone groups is 1. The summed E-state index contributed by atoms with van der Waals surface area (Å²) in [5, 5.41) is 2.93. The van der Waals surface area contributed by atoms with Gasteiger partial charge in [0.1, 0.15) is 0 Å². The smallest absolute Gasteiger partial charge is 0.311 e. The Kier molecular flexibility index (Phi) is 3.56. The van der Waals surface area contributed by atoms with E-state index in [0.29, 0.717) is 0 Å². The quantitative estimate of drug-likeness (QED) is 0.355. The molecule has 0 bridgehead atoms. The van der Waals surface area contributed by atoms with Gasteiger partial charge in [-0.1, -0.05) is 0 Å². The zero-order valence-electron chi connectivity index (χ0n) is 6.11. The molecule has 0 unspecified atom stereocenters. The Balaban J connectivity index is 4.48. The van der Waals surface area contributed by atoms with Crippen molar-refractivity contribution in [1.29, 1.82) is 0 Å². The molecule has 0 fully saturated rings. The fourth-order valence-electron chi connectivity index (χ4n) is 0.394. The van der Waals surface area contributed by atoms with E-state index in [1.165, 1.54) is 14.0 Å². The van der Waals surface area contributed by atoms with Crippen molar-refractivity contribution in [3.05, 3.63) is 0 Å². The van der Waals surface area contributed by atoms with Crippen LogP contribution in [-0.2, 0) is 0 Å². The summed E-state index contributed by atoms with van der Waals surface area (Å²) < 4.78 is 35.4. The van der Waals surface area contributed by atoms with Gasteiger partial charge in [-0.25, -0.2) is 4.99 Å². The molecule has 0 atom stereocenters. The van der Waals surface area contributed by atoms with Crippen molar-refractivity contribution in [2.45, 2.75) is 13.1 Å². The van der Waals surface area contributed by atoms with Crippen LogP contribution in [0, 0.1) is 0 Å². The molecule has 0 aliphatic rings. The summed E-state index contributed by atoms with van der Waals surface area (Å²) >= 11 is 0. The molecule has 0 heterocycles. The lowest BCUT2D eigenvalue weighted by atomic mass is 10.6. The highest BCUT2D eigenvalue weighted by Gasteiger charge is 2.35. The standard InChI is InChI=1S/C5H8F3N3/c1-3-10-4(11-9-2)5(6,7)8/h3,9H,1-2H3/b10-3?,11-4-. The number of hydrogen-bond acceptors (Lipinski definition) is 2. The highest BCUT2D eigenvalue weighted by Crippen LogP contribution is 2.17. The normalized spacial score (nSPS) is 14.1. The lowest BCUT2D eigenvalue weighted by Crippen LogP contribution is -2.23. The molecule has 64 valence electrons. The van der Waals surface area contributed by atoms with E-state index in [1.807, 2.05) is 5.43 Å². The highest BCUT2D eigenvalue weighted by atomic mass is 19.4. The third-order valence-corrected chi connectivity index (χ3v) is 0.723. The molecule has 0 rings (SSSR count). The predicted molar refractivity (Wildman–Crippen MR) is 36.7 cm³/mol. The Morgan fingerprint density at radius 3 is 2.27 bits per heavy atom. The van der Waals surface area contributed by atoms with Crippen LogP contribution in [0.1, 0.15) is 6.92 Å². The molecule has 0 aromatic carbocycles. The number of aliphatic imine (C=N–C) groups is 1. The third kappa shape index (κ3) is 3.59. The van der Waals surface area contributed by atoms with Gasteiger partial charge in [0.05, 0.1) is 0 Å². The second-order valence-electron chi connectivity index (χ2n) is 1.54. The predicted octanol–water partition coefficient (Wildman–Crippen LogP) is 1.17. The zero-order chi connectivity index (χ0) is 8.91. The van der Waals surface area contributed by atoms with Crippen LogP contribution in [0.3, 0.4) is 0 Å². The van der Waals surface area contributed by atoms with Gasteiger partial charge in [-0.2, -0.15) is 18.3 Å². The van der Waals surface area contributed by atoms with Gasteiger partial charge in [0, 0.05) is 13.3 Å². The molecule has 0 amide bonds. The maximum Gasteiger partial charge on any atom is 0.453 e. The van der Waals surface area contributed by atoms with E-state index >= 15 is 0 Å². The van der Waals surface area contributed by atoms with Crippen molar-refractivity contribution in [2.24, 2.45) is 10.1 Å². The molecule has 0 aliphatic carbocycles. The van der Waals surface area contributed by atoms with Gasteiger partial charge in [0.15, 0.2) is 0 Å². The van der Waals surface area contributed by atoms with Crippen LogP contribution in [0.4, 0.5) is 13.2 Å². The first-order valence-corrected chi connectivity index (χ1v) is 2.82. The zero-order valence-corrected chi connectivity index (χ0v) is 6.11. The molecule has 0 aliphatic heterocycles. The first kappa shape index (κ1) is 9.93. The van der Waals surface area contributed by atoms with Crippen LogP contribution in [0.2, 0.25) is 0 Å². The Morgan fingerprint density at radius 1 is 1.45 bits per heavy atom. The fraction of sp³-hybridized carbons (Fsp3) is 0.600. The topological polar surface area (TPSA) is 36.8 Å². The molecule has 3 nitrogen and oxygen atoms in total. The number of amidine groups is 1. The van der Waals surface area contributed by atoms with Gasteiger partial charge in [-0.3, -0.25) is 0 Å². The molecule has 0 radical (unpaired) electrons. The second-order valence-corrected chi connectivity index (χ2v) is 1.54. The molecular weight excluding hydrogens is 159 g/mol. The van der Waals surface area contributed by atoms with E-state index < -0.39 is 12.0 Å². The molecular formula is C5H8F3N3. The number of nitrogens with one attached hydrogen (secondary N) is 1. The van der Waals surface area contributed by atoms with E-state index in [9.17, 15) is 13.2 Å². The van der Waals surface area contributed by atoms with Crippen LogP contribution >= 0.6 is 0 Å². The van der Waals surface area contributed by atoms with Crippen LogP contribution in [0.25, 0.3) is 0 Å². The van der Waals surface area contributed by atoms with Crippen LogP contribution < -0.4 is 5.43 Å². The number of alkyl halides is 3. The van der Waals surface area contributed by atoms with E-state index in [2.05, 4.69) is 10.1 Å². The molecule has 1 N–H and O–H groups in total. The Labute approximate surface area is 62.0 Å². The summed E-state index contributed by atoms with van der Waals surface area (Å²) in [7, 11) is 1.27. The molecule has 0 saturated heterocycles. The van der Waals surface area contributed by atoms with Crippen LogP contribution in [-0.4, -0.2) is 25.3 Å². The van der Waals surface area contributed by atoms with Crippen molar-refractivity contribution < 1.29 is 13.2 Å².